The van der Waals surface area contributed by atoms with E-state index in [1.54, 1.807) is 0 Å². The van der Waals surface area contributed by atoms with Gasteiger partial charge in [0.05, 0.1) is 22.0 Å². The number of aliphatic hydroxyl groups excluding tert-OH is 1. The second-order valence-electron chi connectivity index (χ2n) is 4.58. The summed E-state index contributed by atoms with van der Waals surface area (Å²) in [5, 5.41) is 13.8. The molecular weight excluding hydrogens is 268 g/mol. The van der Waals surface area contributed by atoms with Gasteiger partial charge < -0.3 is 5.11 Å². The fraction of sp³-hybridized carbons (Fsp3) is 0.750. The third-order valence-corrected chi connectivity index (χ3v) is 3.70. The van der Waals surface area contributed by atoms with E-state index in [9.17, 15) is 5.11 Å². The van der Waals surface area contributed by atoms with Crippen LogP contribution in [-0.2, 0) is 19.9 Å². The third kappa shape index (κ3) is 3.32. The second kappa shape index (κ2) is 5.82. The summed E-state index contributed by atoms with van der Waals surface area (Å²) < 4.78 is 3.08. The monoisotopic (exact) mass is 288 g/mol. The van der Waals surface area contributed by atoms with E-state index in [2.05, 4.69) is 34.9 Å². The average molecular weight is 289 g/mol. The number of aromatic nitrogens is 2. The van der Waals surface area contributed by atoms with E-state index in [1.807, 2.05) is 18.7 Å². The number of halogens is 1. The van der Waals surface area contributed by atoms with Gasteiger partial charge in [0.1, 0.15) is 0 Å². The van der Waals surface area contributed by atoms with Crippen LogP contribution in [0, 0.1) is 5.92 Å². The van der Waals surface area contributed by atoms with Crippen molar-refractivity contribution in [1.29, 1.82) is 0 Å². The molecule has 1 rings (SSSR count). The highest BCUT2D eigenvalue weighted by Gasteiger charge is 2.16. The molecular formula is C12H21BrN2O. The fourth-order valence-electron chi connectivity index (χ4n) is 2.04. The minimum Gasteiger partial charge on any atom is -0.393 e. The van der Waals surface area contributed by atoms with Gasteiger partial charge in [-0.3, -0.25) is 4.68 Å². The molecule has 1 aromatic rings. The summed E-state index contributed by atoms with van der Waals surface area (Å²) in [5.74, 6) is 0.469. The molecule has 0 aliphatic heterocycles. The van der Waals surface area contributed by atoms with Crippen LogP contribution in [0.4, 0.5) is 0 Å². The lowest BCUT2D eigenvalue weighted by Gasteiger charge is -2.13. The third-order valence-electron chi connectivity index (χ3n) is 2.79. The molecule has 4 heteroatoms. The van der Waals surface area contributed by atoms with Gasteiger partial charge in [-0.25, -0.2) is 0 Å². The van der Waals surface area contributed by atoms with Gasteiger partial charge in [-0.1, -0.05) is 13.8 Å². The van der Waals surface area contributed by atoms with Gasteiger partial charge in [-0.15, -0.1) is 0 Å². The van der Waals surface area contributed by atoms with Crippen LogP contribution in [0.2, 0.25) is 0 Å². The maximum absolute atomic E-state index is 9.36. The van der Waals surface area contributed by atoms with Crippen LogP contribution in [0.1, 0.15) is 38.6 Å². The van der Waals surface area contributed by atoms with Crippen LogP contribution in [0.15, 0.2) is 4.47 Å². The molecule has 0 radical (unpaired) electrons. The maximum Gasteiger partial charge on any atom is 0.0766 e. The van der Waals surface area contributed by atoms with Crippen molar-refractivity contribution in [2.75, 3.05) is 0 Å². The zero-order valence-corrected chi connectivity index (χ0v) is 12.1. The number of hydrogen-bond donors (Lipinski definition) is 1. The highest BCUT2D eigenvalue weighted by atomic mass is 79.9. The molecule has 0 aromatic carbocycles. The van der Waals surface area contributed by atoms with Gasteiger partial charge in [0.15, 0.2) is 0 Å². The molecule has 0 spiro atoms. The van der Waals surface area contributed by atoms with Crippen LogP contribution < -0.4 is 0 Å². The molecule has 0 bridgehead atoms. The van der Waals surface area contributed by atoms with Crippen molar-refractivity contribution in [2.45, 2.75) is 46.1 Å². The largest absolute Gasteiger partial charge is 0.393 e. The predicted octanol–water partition coefficient (Wildman–Crippen LogP) is 2.69. The Bertz CT molecular complexity index is 347. The van der Waals surface area contributed by atoms with Gasteiger partial charge in [0.2, 0.25) is 0 Å². The molecule has 92 valence electrons. The lowest BCUT2D eigenvalue weighted by molar-refractivity contribution is 0.163. The van der Waals surface area contributed by atoms with E-state index in [1.165, 1.54) is 5.69 Å². The molecule has 2 atom stereocenters. The molecule has 3 nitrogen and oxygen atoms in total. The summed E-state index contributed by atoms with van der Waals surface area (Å²) in [6.07, 6.45) is 2.50. The van der Waals surface area contributed by atoms with Crippen molar-refractivity contribution in [3.63, 3.8) is 0 Å². The van der Waals surface area contributed by atoms with Crippen molar-refractivity contribution in [3.8, 4) is 0 Å². The highest BCUT2D eigenvalue weighted by molar-refractivity contribution is 9.10. The molecule has 2 unspecified atom stereocenters. The summed E-state index contributed by atoms with van der Waals surface area (Å²) in [7, 11) is 1.98. The minimum atomic E-state index is -0.229. The zero-order valence-electron chi connectivity index (χ0n) is 10.5. The van der Waals surface area contributed by atoms with Crippen LogP contribution in [-0.4, -0.2) is 21.0 Å². The summed E-state index contributed by atoms with van der Waals surface area (Å²) in [6, 6.07) is 0. The van der Waals surface area contributed by atoms with Gasteiger partial charge >= 0.3 is 0 Å². The topological polar surface area (TPSA) is 38.0 Å². The summed E-state index contributed by atoms with van der Waals surface area (Å²) in [5.41, 5.74) is 2.34. The molecule has 0 aliphatic rings. The minimum absolute atomic E-state index is 0.229. The van der Waals surface area contributed by atoms with Crippen LogP contribution in [0.5, 0.6) is 0 Å². The molecule has 1 heterocycles. The Labute approximate surface area is 106 Å². The normalized spacial score (nSPS) is 15.1. The molecule has 0 amide bonds. The van der Waals surface area contributed by atoms with Crippen LogP contribution in [0.25, 0.3) is 0 Å². The Balaban J connectivity index is 2.76. The van der Waals surface area contributed by atoms with Crippen LogP contribution >= 0.6 is 15.9 Å². The van der Waals surface area contributed by atoms with E-state index in [-0.39, 0.29) is 6.10 Å². The van der Waals surface area contributed by atoms with E-state index in [0.717, 1.165) is 29.4 Å². The van der Waals surface area contributed by atoms with Crippen LogP contribution in [0.3, 0.4) is 0 Å². The van der Waals surface area contributed by atoms with Crippen molar-refractivity contribution in [1.82, 2.24) is 9.78 Å². The molecule has 1 N–H and O–H groups in total. The molecule has 0 fully saturated rings. The number of rotatable bonds is 5. The first-order valence-corrected chi connectivity index (χ1v) is 6.63. The predicted molar refractivity (Wildman–Crippen MR) is 69.5 cm³/mol. The lowest BCUT2D eigenvalue weighted by atomic mass is 9.99. The molecule has 1 aromatic heterocycles. The second-order valence-corrected chi connectivity index (χ2v) is 5.37. The Hall–Kier alpha value is -0.350. The first-order valence-electron chi connectivity index (χ1n) is 5.84. The molecule has 0 saturated heterocycles. The Morgan fingerprint density at radius 1 is 1.44 bits per heavy atom. The Morgan fingerprint density at radius 2 is 2.06 bits per heavy atom. The summed E-state index contributed by atoms with van der Waals surface area (Å²) >= 11 is 3.61. The quantitative estimate of drug-likeness (QED) is 0.905. The molecule has 16 heavy (non-hydrogen) atoms. The zero-order chi connectivity index (χ0) is 12.3. The number of aryl methyl sites for hydroxylation is 2. The van der Waals surface area contributed by atoms with Crippen molar-refractivity contribution in [3.05, 3.63) is 15.9 Å². The highest BCUT2D eigenvalue weighted by Crippen LogP contribution is 2.25. The van der Waals surface area contributed by atoms with Gasteiger partial charge in [0, 0.05) is 7.05 Å². The summed E-state index contributed by atoms with van der Waals surface area (Å²) in [6.45, 7) is 6.11. The molecule has 0 aliphatic carbocycles. The smallest absolute Gasteiger partial charge is 0.0766 e. The first kappa shape index (κ1) is 13.7. The van der Waals surface area contributed by atoms with Crippen molar-refractivity contribution in [2.24, 2.45) is 13.0 Å². The SMILES string of the molecule is CCc1nn(C)c(CC(C)CC(C)O)c1Br. The van der Waals surface area contributed by atoms with Crippen molar-refractivity contribution < 1.29 is 5.11 Å². The number of nitrogens with zero attached hydrogens (tertiary/aromatic N) is 2. The maximum atomic E-state index is 9.36. The standard InChI is InChI=1S/C12H21BrN2O/c1-5-10-12(13)11(15(4)14-10)7-8(2)6-9(3)16/h8-9,16H,5-7H2,1-4H3. The molecule has 0 saturated carbocycles. The van der Waals surface area contributed by atoms with E-state index in [4.69, 9.17) is 0 Å². The van der Waals surface area contributed by atoms with E-state index >= 15 is 0 Å². The van der Waals surface area contributed by atoms with Gasteiger partial charge in [0.25, 0.3) is 0 Å². The lowest BCUT2D eigenvalue weighted by Crippen LogP contribution is -2.11. The Morgan fingerprint density at radius 3 is 2.50 bits per heavy atom. The van der Waals surface area contributed by atoms with Gasteiger partial charge in [-0.05, 0) is 48.0 Å². The van der Waals surface area contributed by atoms with E-state index < -0.39 is 0 Å². The number of aliphatic hydroxyl groups is 1. The first-order chi connectivity index (χ1) is 7.45. The van der Waals surface area contributed by atoms with E-state index in [0.29, 0.717) is 5.92 Å². The van der Waals surface area contributed by atoms with Gasteiger partial charge in [-0.2, -0.15) is 5.10 Å². The fourth-order valence-corrected chi connectivity index (χ4v) is 2.82. The Kier molecular flexibility index (Phi) is 4.99. The summed E-state index contributed by atoms with van der Waals surface area (Å²) in [4.78, 5) is 0. The number of hydrogen-bond acceptors (Lipinski definition) is 2. The van der Waals surface area contributed by atoms with Crippen molar-refractivity contribution >= 4 is 15.9 Å². The average Bonchev–Trinajstić information content (AvgIpc) is 2.44.